The number of nitrogens with zero attached hydrogens (tertiary/aromatic N) is 3. The number of ether oxygens (including phenoxy) is 1. The van der Waals surface area contributed by atoms with Gasteiger partial charge in [0.1, 0.15) is 11.4 Å². The predicted molar refractivity (Wildman–Crippen MR) is 130 cm³/mol. The Balaban J connectivity index is 1.45. The number of carboxylic acids is 1. The van der Waals surface area contributed by atoms with Gasteiger partial charge in [0, 0.05) is 37.0 Å². The van der Waals surface area contributed by atoms with Gasteiger partial charge in [-0.1, -0.05) is 12.1 Å². The first-order valence-corrected chi connectivity index (χ1v) is 11.8. The highest BCUT2D eigenvalue weighted by atomic mass is 19.1. The van der Waals surface area contributed by atoms with E-state index in [1.807, 2.05) is 0 Å². The molecule has 9 nitrogen and oxygen atoms in total. The van der Waals surface area contributed by atoms with Crippen molar-refractivity contribution in [2.45, 2.75) is 51.2 Å². The van der Waals surface area contributed by atoms with Crippen LogP contribution < -0.4 is 5.73 Å². The van der Waals surface area contributed by atoms with Crippen molar-refractivity contribution < 1.29 is 23.8 Å². The first kappa shape index (κ1) is 23.9. The van der Waals surface area contributed by atoms with Crippen molar-refractivity contribution in [3.8, 4) is 22.8 Å². The molecule has 0 spiro atoms. The number of aromatic carboxylic acids is 1. The average molecular weight is 494 g/mol. The summed E-state index contributed by atoms with van der Waals surface area (Å²) in [7, 11) is 0. The number of H-pyrrole nitrogens is 1. The lowest BCUT2D eigenvalue weighted by atomic mass is 9.84. The molecule has 36 heavy (non-hydrogen) atoms. The molecule has 0 unspecified atom stereocenters. The SMILES string of the molecule is CC(C)(C)OC(=O)N1CC(N)(Cc2[nH]c3c(c2C(=O)O)CCc2cnc(-c4cccc(F)c4)nc2-3)C1. The second-order valence-electron chi connectivity index (χ2n) is 10.6. The van der Waals surface area contributed by atoms with Gasteiger partial charge in [-0.15, -0.1) is 0 Å². The molecule has 1 aliphatic carbocycles. The Morgan fingerprint density at radius 1 is 1.28 bits per heavy atom. The maximum atomic E-state index is 13.8. The van der Waals surface area contributed by atoms with E-state index in [9.17, 15) is 19.1 Å². The van der Waals surface area contributed by atoms with Gasteiger partial charge in [0.15, 0.2) is 5.82 Å². The first-order valence-electron chi connectivity index (χ1n) is 11.8. The van der Waals surface area contributed by atoms with E-state index in [4.69, 9.17) is 10.5 Å². The van der Waals surface area contributed by atoms with E-state index >= 15 is 0 Å². The van der Waals surface area contributed by atoms with Crippen LogP contribution in [-0.2, 0) is 24.0 Å². The van der Waals surface area contributed by atoms with E-state index in [0.29, 0.717) is 46.9 Å². The van der Waals surface area contributed by atoms with Crippen LogP contribution in [0.2, 0.25) is 0 Å². The molecule has 0 radical (unpaired) electrons. The van der Waals surface area contributed by atoms with Crippen LogP contribution in [0.1, 0.15) is 48.0 Å². The molecule has 0 atom stereocenters. The van der Waals surface area contributed by atoms with Crippen LogP contribution in [0.25, 0.3) is 22.8 Å². The third-order valence-corrected chi connectivity index (χ3v) is 6.42. The Morgan fingerprint density at radius 3 is 2.69 bits per heavy atom. The Hall–Kier alpha value is -3.79. The van der Waals surface area contributed by atoms with Crippen LogP contribution in [-0.4, -0.2) is 61.3 Å². The second kappa shape index (κ2) is 8.41. The number of hydrogen-bond donors (Lipinski definition) is 3. The van der Waals surface area contributed by atoms with Gasteiger partial charge < -0.3 is 25.5 Å². The third kappa shape index (κ3) is 4.44. The topological polar surface area (TPSA) is 134 Å². The fourth-order valence-corrected chi connectivity index (χ4v) is 4.90. The molecule has 1 amide bonds. The number of nitrogens with one attached hydrogen (secondary N) is 1. The zero-order valence-electron chi connectivity index (χ0n) is 20.4. The highest BCUT2D eigenvalue weighted by molar-refractivity contribution is 5.94. The van der Waals surface area contributed by atoms with Crippen LogP contribution >= 0.6 is 0 Å². The minimum absolute atomic E-state index is 0.196. The summed E-state index contributed by atoms with van der Waals surface area (Å²) in [4.78, 5) is 38.5. The summed E-state index contributed by atoms with van der Waals surface area (Å²) in [5, 5.41) is 10.1. The van der Waals surface area contributed by atoms with E-state index in [-0.39, 0.29) is 30.9 Å². The number of aromatic amines is 1. The maximum absolute atomic E-state index is 13.8. The summed E-state index contributed by atoms with van der Waals surface area (Å²) < 4.78 is 19.2. The monoisotopic (exact) mass is 493 g/mol. The average Bonchev–Trinajstić information content (AvgIpc) is 3.14. The molecular weight excluding hydrogens is 465 g/mol. The molecule has 2 aromatic heterocycles. The number of aromatic nitrogens is 3. The van der Waals surface area contributed by atoms with Gasteiger partial charge in [-0.3, -0.25) is 0 Å². The standard InChI is InChI=1S/C26H28FN5O4/c1-25(2,3)36-24(35)32-12-26(28,13-32)10-18-19(23(33)34)17-8-7-15-11-29-22(31-20(15)21(17)30-18)14-5-4-6-16(27)9-14/h4-6,9,11,30H,7-8,10,12-13,28H2,1-3H3,(H,33,34). The van der Waals surface area contributed by atoms with E-state index in [2.05, 4.69) is 15.0 Å². The van der Waals surface area contributed by atoms with Crippen molar-refractivity contribution in [3.05, 3.63) is 58.7 Å². The van der Waals surface area contributed by atoms with Crippen molar-refractivity contribution in [2.24, 2.45) is 5.73 Å². The van der Waals surface area contributed by atoms with E-state index in [1.54, 1.807) is 39.1 Å². The van der Waals surface area contributed by atoms with Crippen molar-refractivity contribution in [1.82, 2.24) is 19.9 Å². The number of amides is 1. The molecule has 1 aromatic carbocycles. The second-order valence-corrected chi connectivity index (χ2v) is 10.6. The molecule has 1 saturated heterocycles. The molecule has 5 rings (SSSR count). The van der Waals surface area contributed by atoms with Crippen LogP contribution in [0.3, 0.4) is 0 Å². The third-order valence-electron chi connectivity index (χ3n) is 6.42. The van der Waals surface area contributed by atoms with Crippen LogP contribution in [0.15, 0.2) is 30.5 Å². The number of rotatable bonds is 4. The van der Waals surface area contributed by atoms with E-state index in [1.165, 1.54) is 17.0 Å². The number of benzene rings is 1. The minimum atomic E-state index is -1.04. The van der Waals surface area contributed by atoms with Crippen molar-refractivity contribution >= 4 is 12.1 Å². The number of fused-ring (bicyclic) bond motifs is 3. The minimum Gasteiger partial charge on any atom is -0.478 e. The fraction of sp³-hybridized carbons (Fsp3) is 0.385. The smallest absolute Gasteiger partial charge is 0.410 e. The molecule has 1 aliphatic heterocycles. The summed E-state index contributed by atoms with van der Waals surface area (Å²) in [6.45, 7) is 5.90. The molecule has 4 N–H and O–H groups in total. The van der Waals surface area contributed by atoms with E-state index in [0.717, 1.165) is 5.56 Å². The maximum Gasteiger partial charge on any atom is 0.410 e. The predicted octanol–water partition coefficient (Wildman–Crippen LogP) is 3.57. The summed E-state index contributed by atoms with van der Waals surface area (Å²) in [5.74, 6) is -1.08. The van der Waals surface area contributed by atoms with Gasteiger partial charge in [0.25, 0.3) is 0 Å². The summed E-state index contributed by atoms with van der Waals surface area (Å²) >= 11 is 0. The Morgan fingerprint density at radius 2 is 2.03 bits per heavy atom. The first-order chi connectivity index (χ1) is 16.9. The van der Waals surface area contributed by atoms with Crippen LogP contribution in [0.5, 0.6) is 0 Å². The molecule has 0 bridgehead atoms. The number of carbonyl (C=O) groups is 2. The van der Waals surface area contributed by atoms with Gasteiger partial charge in [-0.05, 0) is 56.9 Å². The number of hydrogen-bond acceptors (Lipinski definition) is 6. The number of carboxylic acid groups (broad SMARTS) is 1. The Bertz CT molecular complexity index is 1370. The van der Waals surface area contributed by atoms with Gasteiger partial charge >= 0.3 is 12.1 Å². The van der Waals surface area contributed by atoms with Crippen LogP contribution in [0, 0.1) is 5.82 Å². The summed E-state index contributed by atoms with van der Waals surface area (Å²) in [5.41, 5.74) is 9.15. The lowest BCUT2D eigenvalue weighted by molar-refractivity contribution is -0.00813. The molecule has 0 saturated carbocycles. The molecule has 1 fully saturated rings. The van der Waals surface area contributed by atoms with Gasteiger partial charge in [-0.2, -0.15) is 0 Å². The summed E-state index contributed by atoms with van der Waals surface area (Å²) in [6.07, 6.45) is 2.62. The molecule has 10 heteroatoms. The van der Waals surface area contributed by atoms with Crippen molar-refractivity contribution in [3.63, 3.8) is 0 Å². The number of halogens is 1. The molecule has 2 aliphatic rings. The number of aryl methyl sites for hydroxylation is 1. The highest BCUT2D eigenvalue weighted by Gasteiger charge is 2.45. The highest BCUT2D eigenvalue weighted by Crippen LogP contribution is 2.37. The number of likely N-dealkylation sites (tertiary alicyclic amines) is 1. The van der Waals surface area contributed by atoms with Gasteiger partial charge in [0.05, 0.1) is 22.5 Å². The zero-order valence-corrected chi connectivity index (χ0v) is 20.4. The Labute approximate surface area is 207 Å². The number of carbonyl (C=O) groups excluding carboxylic acids is 1. The zero-order chi connectivity index (χ0) is 25.8. The van der Waals surface area contributed by atoms with Gasteiger partial charge in [-0.25, -0.2) is 23.9 Å². The van der Waals surface area contributed by atoms with E-state index < -0.39 is 23.2 Å². The molecule has 188 valence electrons. The molecular formula is C26H28FN5O4. The van der Waals surface area contributed by atoms with Crippen LogP contribution in [0.4, 0.5) is 9.18 Å². The van der Waals surface area contributed by atoms with Crippen molar-refractivity contribution in [1.29, 1.82) is 0 Å². The molecule has 3 heterocycles. The lowest BCUT2D eigenvalue weighted by Crippen LogP contribution is -2.70. The normalized spacial score (nSPS) is 16.1. The lowest BCUT2D eigenvalue weighted by Gasteiger charge is -2.47. The van der Waals surface area contributed by atoms with Gasteiger partial charge in [0.2, 0.25) is 0 Å². The number of nitrogens with two attached hydrogens (primary N) is 1. The largest absolute Gasteiger partial charge is 0.478 e. The fourth-order valence-electron chi connectivity index (χ4n) is 4.90. The summed E-state index contributed by atoms with van der Waals surface area (Å²) in [6, 6.07) is 6.03. The van der Waals surface area contributed by atoms with Crippen molar-refractivity contribution in [2.75, 3.05) is 13.1 Å². The Kier molecular flexibility index (Phi) is 5.59. The quantitative estimate of drug-likeness (QED) is 0.506. The molecule has 3 aromatic rings.